The number of ether oxygens (including phenoxy) is 3. The Bertz CT molecular complexity index is 2280. The largest absolute Gasteiger partial charge is 0.496 e. The number of rotatable bonds is 12. The second-order valence-electron chi connectivity index (χ2n) is 16.2. The minimum absolute atomic E-state index is 0.0336. The van der Waals surface area contributed by atoms with E-state index in [1.165, 1.54) is 17.2 Å². The maximum absolute atomic E-state index is 14.7. The van der Waals surface area contributed by atoms with E-state index in [4.69, 9.17) is 19.2 Å². The van der Waals surface area contributed by atoms with Crippen LogP contribution in [0.2, 0.25) is 0 Å². The zero-order valence-electron chi connectivity index (χ0n) is 34.0. The lowest BCUT2D eigenvalue weighted by Crippen LogP contribution is -2.58. The summed E-state index contributed by atoms with van der Waals surface area (Å²) in [6, 6.07) is 4.14. The number of nitrogens with zero attached hydrogens (tertiary/aromatic N) is 4. The number of aryl methyl sites for hydroxylation is 1. The van der Waals surface area contributed by atoms with Gasteiger partial charge in [-0.15, -0.1) is 0 Å². The van der Waals surface area contributed by atoms with Gasteiger partial charge in [-0.1, -0.05) is 25.0 Å². The molecule has 4 amide bonds. The zero-order chi connectivity index (χ0) is 42.9. The number of aromatic nitrogens is 3. The summed E-state index contributed by atoms with van der Waals surface area (Å²) >= 11 is 0. The molecule has 3 fully saturated rings. The van der Waals surface area contributed by atoms with E-state index in [1.54, 1.807) is 25.3 Å². The monoisotopic (exact) mass is 855 g/mol. The van der Waals surface area contributed by atoms with Crippen LogP contribution in [0.15, 0.2) is 42.6 Å². The van der Waals surface area contributed by atoms with E-state index in [9.17, 15) is 36.4 Å². The number of carbonyl (C=O) groups excluding carboxylic acids is 4. The lowest BCUT2D eigenvalue weighted by Gasteiger charge is -2.29. The lowest BCUT2D eigenvalue weighted by atomic mass is 10.0. The fourth-order valence-corrected chi connectivity index (χ4v) is 9.33. The highest BCUT2D eigenvalue weighted by atomic mass is 32.2. The highest BCUT2D eigenvalue weighted by Gasteiger charge is 2.62. The van der Waals surface area contributed by atoms with Crippen LogP contribution in [-0.2, 0) is 31.0 Å². The van der Waals surface area contributed by atoms with Crippen LogP contribution >= 0.6 is 0 Å². The number of nitrogens with one attached hydrogen (secondary N) is 3. The van der Waals surface area contributed by atoms with Crippen molar-refractivity contribution in [2.45, 2.75) is 127 Å². The molecule has 324 valence electrons. The van der Waals surface area contributed by atoms with Gasteiger partial charge in [0.2, 0.25) is 27.7 Å². The van der Waals surface area contributed by atoms with Gasteiger partial charge in [0.25, 0.3) is 18.2 Å². The Morgan fingerprint density at radius 1 is 1.08 bits per heavy atom. The number of allylic oxidation sites excluding steroid dienone is 1. The van der Waals surface area contributed by atoms with Crippen LogP contribution in [0.1, 0.15) is 87.7 Å². The molecule has 4 heterocycles. The quantitative estimate of drug-likeness (QED) is 0.223. The third-order valence-electron chi connectivity index (χ3n) is 11.3. The van der Waals surface area contributed by atoms with Gasteiger partial charge in [0.05, 0.1) is 30.5 Å². The summed E-state index contributed by atoms with van der Waals surface area (Å²) in [4.78, 5) is 62.7. The van der Waals surface area contributed by atoms with Crippen molar-refractivity contribution in [3.63, 3.8) is 0 Å². The number of hydrogen-bond acceptors (Lipinski definition) is 11. The van der Waals surface area contributed by atoms with Crippen LogP contribution in [0.25, 0.3) is 10.9 Å². The van der Waals surface area contributed by atoms with Gasteiger partial charge in [0.1, 0.15) is 47.5 Å². The van der Waals surface area contributed by atoms with E-state index in [1.807, 2.05) is 32.9 Å². The van der Waals surface area contributed by atoms with E-state index in [2.05, 4.69) is 20.5 Å². The van der Waals surface area contributed by atoms with Gasteiger partial charge in [0, 0.05) is 35.6 Å². The van der Waals surface area contributed by atoms with Crippen molar-refractivity contribution in [1.29, 1.82) is 0 Å². The van der Waals surface area contributed by atoms with Crippen LogP contribution in [0.5, 0.6) is 17.4 Å². The van der Waals surface area contributed by atoms with Crippen molar-refractivity contribution < 1.29 is 50.6 Å². The second kappa shape index (κ2) is 17.3. The highest BCUT2D eigenvalue weighted by molar-refractivity contribution is 7.91. The summed E-state index contributed by atoms with van der Waals surface area (Å²) in [7, 11) is -2.40. The van der Waals surface area contributed by atoms with Crippen LogP contribution in [0.3, 0.4) is 0 Å². The number of hydrogen-bond donors (Lipinski definition) is 3. The number of alkyl halides is 2. The minimum atomic E-state index is -3.95. The first-order valence-corrected chi connectivity index (χ1v) is 21.9. The molecule has 2 aliphatic heterocycles. The molecule has 0 bridgehead atoms. The molecule has 0 radical (unpaired) electrons. The van der Waals surface area contributed by atoms with Crippen LogP contribution in [0.4, 0.5) is 8.78 Å². The Morgan fingerprint density at radius 2 is 1.87 bits per heavy atom. The average molecular weight is 856 g/mol. The summed E-state index contributed by atoms with van der Waals surface area (Å²) < 4.78 is 73.2. The van der Waals surface area contributed by atoms with Gasteiger partial charge in [0.15, 0.2) is 0 Å². The van der Waals surface area contributed by atoms with Crippen molar-refractivity contribution in [2.24, 2.45) is 5.92 Å². The smallest absolute Gasteiger partial charge is 0.272 e. The molecule has 2 aliphatic carbocycles. The van der Waals surface area contributed by atoms with Crippen molar-refractivity contribution in [3.8, 4) is 17.4 Å². The van der Waals surface area contributed by atoms with Gasteiger partial charge in [-0.3, -0.25) is 28.6 Å². The highest BCUT2D eigenvalue weighted by Crippen LogP contribution is 2.46. The normalized spacial score (nSPS) is 24.9. The maximum Gasteiger partial charge on any atom is 0.272 e. The van der Waals surface area contributed by atoms with E-state index in [0.717, 1.165) is 10.2 Å². The Labute approximate surface area is 346 Å². The second-order valence-corrected chi connectivity index (χ2v) is 18.2. The molecule has 3 N–H and O–H groups in total. The molecular formula is C41H51F2N7O9S. The Hall–Kier alpha value is -5.33. The molecule has 16 nitrogen and oxygen atoms in total. The van der Waals surface area contributed by atoms with Crippen LogP contribution in [0, 0.1) is 12.8 Å². The molecule has 1 saturated heterocycles. The van der Waals surface area contributed by atoms with Crippen molar-refractivity contribution in [2.75, 3.05) is 13.7 Å². The number of methoxy groups -OCH3 is 1. The average Bonchev–Trinajstić information content (AvgIpc) is 4.07. The van der Waals surface area contributed by atoms with Gasteiger partial charge < -0.3 is 29.7 Å². The van der Waals surface area contributed by atoms with E-state index in [0.29, 0.717) is 60.9 Å². The maximum atomic E-state index is 14.7. The van der Waals surface area contributed by atoms with Gasteiger partial charge in [-0.2, -0.15) is 5.10 Å². The first-order valence-electron chi connectivity index (χ1n) is 20.4. The molecule has 2 aromatic heterocycles. The predicted octanol–water partition coefficient (Wildman–Crippen LogP) is 3.95. The standard InChI is InChI=1S/C41H51F2N7O9S/c1-23(2)58-35-19-33(28-14-15-32(57-4)24(3)36(28)45-35)59-26-18-31-38(52)46-41(40(54)48-60(55,56)27-12-13-27)20-25(41)10-8-6-5-7-9-11-30(39(53)50(31)21-26)44-37(51)29-16-17-49(47-29)22-34(42)43/h8,10,14-17,19,23,25-27,30-31,34H,5-7,9,11-13,18,20-22H2,1-4H3,(H,44,51)(H,46,52)(H,48,54). The Morgan fingerprint density at radius 3 is 2.58 bits per heavy atom. The summed E-state index contributed by atoms with van der Waals surface area (Å²) in [5, 5.41) is 9.51. The Balaban J connectivity index is 1.22. The summed E-state index contributed by atoms with van der Waals surface area (Å²) in [6.45, 7) is 4.75. The molecule has 2 saturated carbocycles. The van der Waals surface area contributed by atoms with E-state index < -0.39 is 81.5 Å². The first kappa shape index (κ1) is 42.8. The zero-order valence-corrected chi connectivity index (χ0v) is 34.8. The molecule has 5 atom stereocenters. The number of fused-ring (bicyclic) bond motifs is 3. The minimum Gasteiger partial charge on any atom is -0.496 e. The third-order valence-corrected chi connectivity index (χ3v) is 13.2. The summed E-state index contributed by atoms with van der Waals surface area (Å²) in [5.41, 5.74) is -0.439. The number of halogens is 2. The van der Waals surface area contributed by atoms with E-state index in [-0.39, 0.29) is 43.5 Å². The Kier molecular flexibility index (Phi) is 12.4. The number of pyridine rings is 1. The molecule has 0 spiro atoms. The van der Waals surface area contributed by atoms with Crippen LogP contribution in [-0.4, -0.2) is 107 Å². The number of benzene rings is 1. The molecular weight excluding hydrogens is 805 g/mol. The number of sulfonamides is 1. The molecule has 5 unspecified atom stereocenters. The van der Waals surface area contributed by atoms with Gasteiger partial charge in [-0.05, 0) is 77.5 Å². The summed E-state index contributed by atoms with van der Waals surface area (Å²) in [6.07, 6.45) is 5.00. The van der Waals surface area contributed by atoms with Crippen molar-refractivity contribution in [1.82, 2.24) is 35.0 Å². The molecule has 60 heavy (non-hydrogen) atoms. The SMILES string of the molecule is COc1ccc2c(OC3CC4C(=O)NC5(C(=O)NS(=O)(=O)C6CC6)CC5C=CCCCCCC(NC(=O)c5ccn(CC(F)F)n5)C(=O)N4C3)cc(OC(C)C)nc2c1C. The number of amides is 4. The molecule has 7 rings (SSSR count). The number of carbonyl (C=O) groups is 4. The molecule has 19 heteroatoms. The fraction of sp³-hybridized carbons (Fsp3) is 0.561. The van der Waals surface area contributed by atoms with Crippen molar-refractivity contribution >= 4 is 44.6 Å². The van der Waals surface area contributed by atoms with Crippen molar-refractivity contribution in [3.05, 3.63) is 53.9 Å². The topological polar surface area (TPSA) is 200 Å². The summed E-state index contributed by atoms with van der Waals surface area (Å²) in [5.74, 6) is -2.12. The molecule has 4 aliphatic rings. The molecule has 1 aromatic carbocycles. The fourth-order valence-electron chi connectivity index (χ4n) is 7.96. The van der Waals surface area contributed by atoms with Crippen LogP contribution < -0.4 is 29.6 Å². The van der Waals surface area contributed by atoms with Gasteiger partial charge >= 0.3 is 0 Å². The van der Waals surface area contributed by atoms with E-state index >= 15 is 0 Å². The lowest BCUT2D eigenvalue weighted by molar-refractivity contribution is -0.141. The molecule has 3 aromatic rings. The first-order chi connectivity index (χ1) is 28.6. The third kappa shape index (κ3) is 9.34. The predicted molar refractivity (Wildman–Crippen MR) is 214 cm³/mol. The van der Waals surface area contributed by atoms with Gasteiger partial charge in [-0.25, -0.2) is 22.2 Å².